The Morgan fingerprint density at radius 2 is 2.22 bits per heavy atom. The van der Waals surface area contributed by atoms with Crippen LogP contribution in [-0.2, 0) is 6.54 Å². The lowest BCUT2D eigenvalue weighted by molar-refractivity contribution is 0.0931. The Morgan fingerprint density at radius 1 is 1.43 bits per heavy atom. The molecule has 0 radical (unpaired) electrons. The largest absolute Gasteiger partial charge is 0.389 e. The Balaban J connectivity index is 1.52. The summed E-state index contributed by atoms with van der Waals surface area (Å²) in [5.74, 6) is 0.245. The first kappa shape index (κ1) is 16.0. The van der Waals surface area contributed by atoms with Crippen molar-refractivity contribution >= 4 is 11.8 Å². The predicted octanol–water partition coefficient (Wildman–Crippen LogP) is 0.688. The number of hydrogen-bond acceptors (Lipinski definition) is 4. The van der Waals surface area contributed by atoms with Gasteiger partial charge in [-0.3, -0.25) is 14.3 Å². The Morgan fingerprint density at radius 3 is 3.00 bits per heavy atom. The molecule has 1 aliphatic heterocycles. The number of nitrogens with zero attached hydrogens (tertiary/aromatic N) is 2. The van der Waals surface area contributed by atoms with Crippen molar-refractivity contribution in [2.75, 3.05) is 13.1 Å². The van der Waals surface area contributed by atoms with Gasteiger partial charge in [-0.1, -0.05) is 25.7 Å². The first-order valence-electron chi connectivity index (χ1n) is 8.46. The number of nitrogens with one attached hydrogen (secondary N) is 2. The van der Waals surface area contributed by atoms with E-state index in [2.05, 4.69) is 15.7 Å². The first-order valence-corrected chi connectivity index (χ1v) is 8.46. The van der Waals surface area contributed by atoms with Crippen LogP contribution in [0.25, 0.3) is 0 Å². The Hall–Kier alpha value is -1.89. The van der Waals surface area contributed by atoms with Gasteiger partial charge in [0.25, 0.3) is 11.8 Å². The van der Waals surface area contributed by atoms with E-state index in [9.17, 15) is 14.7 Å². The molecule has 1 aromatic heterocycles. The summed E-state index contributed by atoms with van der Waals surface area (Å²) in [5.41, 5.74) is 0.544. The van der Waals surface area contributed by atoms with Gasteiger partial charge < -0.3 is 15.7 Å². The van der Waals surface area contributed by atoms with Gasteiger partial charge in [0.1, 0.15) is 5.69 Å². The molecule has 1 atom stereocenters. The summed E-state index contributed by atoms with van der Waals surface area (Å²) in [5, 5.41) is 19.3. The van der Waals surface area contributed by atoms with Crippen LogP contribution in [0.1, 0.15) is 59.5 Å². The molecule has 3 N–H and O–H groups in total. The molecule has 7 heteroatoms. The number of aromatic nitrogens is 2. The molecular weight excluding hydrogens is 296 g/mol. The highest BCUT2D eigenvalue weighted by molar-refractivity contribution is 5.98. The van der Waals surface area contributed by atoms with Crippen molar-refractivity contribution in [2.45, 2.75) is 51.2 Å². The zero-order valence-electron chi connectivity index (χ0n) is 13.3. The summed E-state index contributed by atoms with van der Waals surface area (Å²) >= 11 is 0. The van der Waals surface area contributed by atoms with Gasteiger partial charge in [0.15, 0.2) is 5.69 Å². The van der Waals surface area contributed by atoms with Gasteiger partial charge in [-0.15, -0.1) is 0 Å². The first-order chi connectivity index (χ1) is 11.1. The van der Waals surface area contributed by atoms with E-state index in [1.807, 2.05) is 0 Å². The van der Waals surface area contributed by atoms with Crippen molar-refractivity contribution in [1.82, 2.24) is 20.4 Å². The SMILES string of the molecule is O=C(NCCCC1CCCC1)c1cc2n(n1)CC(O)CNC2=O. The van der Waals surface area contributed by atoms with Gasteiger partial charge in [-0.2, -0.15) is 5.10 Å². The van der Waals surface area contributed by atoms with Crippen molar-refractivity contribution in [3.8, 4) is 0 Å². The maximum atomic E-state index is 12.2. The number of carbonyl (C=O) groups excluding carboxylic acids is 2. The number of amides is 2. The number of β-amino-alcohol motifs (C(OH)–C–C–N with tert-alkyl or cyclic N) is 1. The van der Waals surface area contributed by atoms with Crippen LogP contribution < -0.4 is 10.6 Å². The van der Waals surface area contributed by atoms with E-state index >= 15 is 0 Å². The highest BCUT2D eigenvalue weighted by atomic mass is 16.3. The van der Waals surface area contributed by atoms with Gasteiger partial charge in [-0.05, 0) is 18.8 Å². The molecule has 0 spiro atoms. The predicted molar refractivity (Wildman–Crippen MR) is 84.1 cm³/mol. The topological polar surface area (TPSA) is 96.2 Å². The van der Waals surface area contributed by atoms with Crippen LogP contribution >= 0.6 is 0 Å². The average Bonchev–Trinajstić information content (AvgIpc) is 3.16. The van der Waals surface area contributed by atoms with Crippen molar-refractivity contribution in [1.29, 1.82) is 0 Å². The molecule has 2 aliphatic rings. The standard InChI is InChI=1S/C16H24N4O3/c21-12-9-18-16(23)14-8-13(19-20(14)10-12)15(22)17-7-3-6-11-4-1-2-5-11/h8,11-12,21H,1-7,9-10H2,(H,17,22)(H,18,23). The van der Waals surface area contributed by atoms with E-state index < -0.39 is 6.10 Å². The third-order valence-electron chi connectivity index (χ3n) is 4.68. The second-order valence-corrected chi connectivity index (χ2v) is 6.51. The summed E-state index contributed by atoms with van der Waals surface area (Å²) in [6.07, 6.45) is 6.76. The van der Waals surface area contributed by atoms with Crippen molar-refractivity contribution in [3.63, 3.8) is 0 Å². The maximum Gasteiger partial charge on any atom is 0.271 e. The van der Waals surface area contributed by atoms with Gasteiger partial charge in [0, 0.05) is 19.2 Å². The van der Waals surface area contributed by atoms with Crippen LogP contribution in [0, 0.1) is 5.92 Å². The maximum absolute atomic E-state index is 12.2. The number of aliphatic hydroxyl groups excluding tert-OH is 1. The molecule has 0 bridgehead atoms. The van der Waals surface area contributed by atoms with Gasteiger partial charge in [0.2, 0.25) is 0 Å². The Bertz CT molecular complexity index is 578. The van der Waals surface area contributed by atoms with E-state index in [0.717, 1.165) is 18.8 Å². The molecule has 2 heterocycles. The zero-order valence-corrected chi connectivity index (χ0v) is 13.3. The Kier molecular flexibility index (Phi) is 4.95. The van der Waals surface area contributed by atoms with Crippen LogP contribution in [0.5, 0.6) is 0 Å². The van der Waals surface area contributed by atoms with Crippen molar-refractivity contribution in [2.24, 2.45) is 5.92 Å². The van der Waals surface area contributed by atoms with Crippen LogP contribution in [0.15, 0.2) is 6.07 Å². The summed E-state index contributed by atoms with van der Waals surface area (Å²) in [6.45, 7) is 1.04. The highest BCUT2D eigenvalue weighted by Gasteiger charge is 2.24. The minimum atomic E-state index is -0.692. The molecule has 0 aromatic carbocycles. The van der Waals surface area contributed by atoms with Crippen LogP contribution in [0.4, 0.5) is 0 Å². The number of fused-ring (bicyclic) bond motifs is 1. The summed E-state index contributed by atoms with van der Waals surface area (Å²) < 4.78 is 1.40. The van der Waals surface area contributed by atoms with E-state index in [1.54, 1.807) is 0 Å². The lowest BCUT2D eigenvalue weighted by atomic mass is 10.0. The minimum absolute atomic E-state index is 0.199. The number of rotatable bonds is 5. The molecule has 1 saturated carbocycles. The number of hydrogen-bond donors (Lipinski definition) is 3. The number of aliphatic hydroxyl groups is 1. The smallest absolute Gasteiger partial charge is 0.271 e. The molecule has 0 saturated heterocycles. The Labute approximate surface area is 135 Å². The average molecular weight is 320 g/mol. The zero-order chi connectivity index (χ0) is 16.2. The summed E-state index contributed by atoms with van der Waals surface area (Å²) in [6, 6.07) is 1.49. The quantitative estimate of drug-likeness (QED) is 0.695. The monoisotopic (exact) mass is 320 g/mol. The van der Waals surface area contributed by atoms with Crippen LogP contribution in [0.2, 0.25) is 0 Å². The fourth-order valence-electron chi connectivity index (χ4n) is 3.40. The molecular formula is C16H24N4O3. The molecule has 1 fully saturated rings. The molecule has 126 valence electrons. The summed E-state index contributed by atoms with van der Waals surface area (Å²) in [7, 11) is 0. The van der Waals surface area contributed by atoms with Crippen molar-refractivity contribution < 1.29 is 14.7 Å². The fourth-order valence-corrected chi connectivity index (χ4v) is 3.40. The number of carbonyl (C=O) groups is 2. The van der Waals surface area contributed by atoms with E-state index in [4.69, 9.17) is 0 Å². The molecule has 1 aliphatic carbocycles. The molecule has 3 rings (SSSR count). The van der Waals surface area contributed by atoms with Crippen LogP contribution in [-0.4, -0.2) is 45.9 Å². The highest BCUT2D eigenvalue weighted by Crippen LogP contribution is 2.28. The second kappa shape index (κ2) is 7.12. The molecule has 1 unspecified atom stereocenters. The minimum Gasteiger partial charge on any atom is -0.389 e. The van der Waals surface area contributed by atoms with Gasteiger partial charge in [0.05, 0.1) is 12.6 Å². The lowest BCUT2D eigenvalue weighted by Gasteiger charge is -2.09. The van der Waals surface area contributed by atoms with Gasteiger partial charge >= 0.3 is 0 Å². The second-order valence-electron chi connectivity index (χ2n) is 6.51. The molecule has 23 heavy (non-hydrogen) atoms. The van der Waals surface area contributed by atoms with Crippen LogP contribution in [0.3, 0.4) is 0 Å². The third kappa shape index (κ3) is 3.90. The molecule has 2 amide bonds. The molecule has 1 aromatic rings. The van der Waals surface area contributed by atoms with E-state index in [-0.39, 0.29) is 30.6 Å². The van der Waals surface area contributed by atoms with E-state index in [0.29, 0.717) is 12.2 Å². The normalized spacial score (nSPS) is 21.6. The fraction of sp³-hybridized carbons (Fsp3) is 0.688. The lowest BCUT2D eigenvalue weighted by Crippen LogP contribution is -2.30. The summed E-state index contributed by atoms with van der Waals surface area (Å²) in [4.78, 5) is 24.0. The third-order valence-corrected chi connectivity index (χ3v) is 4.68. The van der Waals surface area contributed by atoms with Gasteiger partial charge in [-0.25, -0.2) is 0 Å². The van der Waals surface area contributed by atoms with E-state index in [1.165, 1.54) is 36.4 Å². The van der Waals surface area contributed by atoms with Crippen molar-refractivity contribution in [3.05, 3.63) is 17.5 Å². The molecule has 7 nitrogen and oxygen atoms in total.